The Hall–Kier alpha value is -6.45. The molecule has 0 aliphatic heterocycles. The van der Waals surface area contributed by atoms with Crippen molar-refractivity contribution in [1.29, 1.82) is 0 Å². The fourth-order valence-corrected chi connectivity index (χ4v) is 6.99. The second kappa shape index (κ2) is 12.9. The third-order valence-corrected chi connectivity index (χ3v) is 9.74. The van der Waals surface area contributed by atoms with E-state index in [1.54, 1.807) is 6.20 Å². The standard InChI is InChI=1S/C47H33N3/c1-3-9-38-27-41(24-18-32(38)7-1)34-14-20-36(21-15-34)45-30-46(37-22-16-35(17-23-37)44-13-6-26-48-31-44)50-47(49-45)43-12-5-11-40(29-43)42-25-19-33-8-2-4-10-39(33)28-42/h1-27,29-31,42H,28H2. The molecule has 0 radical (unpaired) electrons. The van der Waals surface area contributed by atoms with Crippen molar-refractivity contribution in [2.24, 2.45) is 0 Å². The molecule has 0 bridgehead atoms. The maximum Gasteiger partial charge on any atom is 0.160 e. The van der Waals surface area contributed by atoms with E-state index in [0.717, 1.165) is 51.5 Å². The van der Waals surface area contributed by atoms with E-state index in [0.29, 0.717) is 5.92 Å². The fraction of sp³-hybridized carbons (Fsp3) is 0.0426. The van der Waals surface area contributed by atoms with Gasteiger partial charge in [-0.05, 0) is 80.4 Å². The topological polar surface area (TPSA) is 38.7 Å². The number of benzene rings is 6. The number of allylic oxidation sites excluding steroid dienone is 1. The number of aromatic nitrogens is 3. The van der Waals surface area contributed by atoms with Crippen molar-refractivity contribution < 1.29 is 0 Å². The lowest BCUT2D eigenvalue weighted by molar-refractivity contribution is 0.827. The van der Waals surface area contributed by atoms with Crippen molar-refractivity contribution in [1.82, 2.24) is 15.0 Å². The summed E-state index contributed by atoms with van der Waals surface area (Å²) in [5, 5.41) is 2.49. The van der Waals surface area contributed by atoms with Crippen molar-refractivity contribution in [2.75, 3.05) is 0 Å². The largest absolute Gasteiger partial charge is 0.264 e. The molecule has 0 amide bonds. The van der Waals surface area contributed by atoms with Gasteiger partial charge in [-0.2, -0.15) is 0 Å². The van der Waals surface area contributed by atoms with Gasteiger partial charge >= 0.3 is 0 Å². The number of nitrogens with zero attached hydrogens (tertiary/aromatic N) is 3. The first kappa shape index (κ1) is 29.7. The zero-order valence-electron chi connectivity index (χ0n) is 27.4. The molecule has 0 saturated carbocycles. The predicted molar refractivity (Wildman–Crippen MR) is 206 cm³/mol. The Labute approximate surface area is 292 Å². The molecule has 50 heavy (non-hydrogen) atoms. The molecule has 3 nitrogen and oxygen atoms in total. The summed E-state index contributed by atoms with van der Waals surface area (Å²) in [6.07, 6.45) is 9.25. The summed E-state index contributed by atoms with van der Waals surface area (Å²) in [5.74, 6) is 1.02. The summed E-state index contributed by atoms with van der Waals surface area (Å²) < 4.78 is 0. The summed E-state index contributed by atoms with van der Waals surface area (Å²) in [6, 6.07) is 56.0. The number of hydrogen-bond acceptors (Lipinski definition) is 3. The number of fused-ring (bicyclic) bond motifs is 2. The van der Waals surface area contributed by atoms with Crippen LogP contribution < -0.4 is 0 Å². The minimum absolute atomic E-state index is 0.301. The van der Waals surface area contributed by atoms with Crippen LogP contribution in [0.1, 0.15) is 22.6 Å². The van der Waals surface area contributed by atoms with Crippen molar-refractivity contribution in [3.05, 3.63) is 193 Å². The van der Waals surface area contributed by atoms with Crippen LogP contribution in [0.4, 0.5) is 0 Å². The highest BCUT2D eigenvalue weighted by atomic mass is 14.9. The molecule has 2 aromatic heterocycles. The van der Waals surface area contributed by atoms with Crippen molar-refractivity contribution in [2.45, 2.75) is 12.3 Å². The molecule has 3 heteroatoms. The van der Waals surface area contributed by atoms with Gasteiger partial charge in [0.1, 0.15) is 0 Å². The molecule has 0 saturated heterocycles. The fourth-order valence-electron chi connectivity index (χ4n) is 6.99. The lowest BCUT2D eigenvalue weighted by atomic mass is 9.85. The van der Waals surface area contributed by atoms with E-state index in [2.05, 4.69) is 169 Å². The SMILES string of the molecule is C1=CC(c2cccc(-c3nc(-c4ccc(-c5cccnc5)cc4)cc(-c4ccc(-c5ccc6ccccc6c5)cc4)n3)c2)Cc2ccccc21. The molecule has 1 aliphatic rings. The van der Waals surface area contributed by atoms with E-state index >= 15 is 0 Å². The maximum absolute atomic E-state index is 5.19. The van der Waals surface area contributed by atoms with Crippen LogP contribution in [-0.2, 0) is 6.42 Å². The first-order valence-electron chi connectivity index (χ1n) is 17.1. The number of hydrogen-bond donors (Lipinski definition) is 0. The molecule has 0 N–H and O–H groups in total. The van der Waals surface area contributed by atoms with Gasteiger partial charge in [-0.15, -0.1) is 0 Å². The molecule has 0 fully saturated rings. The van der Waals surface area contributed by atoms with Gasteiger partial charge in [0.05, 0.1) is 11.4 Å². The molecular formula is C47H33N3. The van der Waals surface area contributed by atoms with Gasteiger partial charge in [0.25, 0.3) is 0 Å². The molecule has 6 aromatic carbocycles. The lowest BCUT2D eigenvalue weighted by Crippen LogP contribution is -2.06. The molecule has 1 aliphatic carbocycles. The van der Waals surface area contributed by atoms with Crippen LogP contribution in [0, 0.1) is 0 Å². The third-order valence-electron chi connectivity index (χ3n) is 9.74. The molecule has 9 rings (SSSR count). The van der Waals surface area contributed by atoms with Crippen molar-refractivity contribution in [3.8, 4) is 56.2 Å². The second-order valence-corrected chi connectivity index (χ2v) is 12.9. The average molecular weight is 640 g/mol. The third kappa shape index (κ3) is 5.91. The van der Waals surface area contributed by atoms with E-state index in [4.69, 9.17) is 9.97 Å². The van der Waals surface area contributed by atoms with Crippen LogP contribution in [0.3, 0.4) is 0 Å². The molecule has 1 unspecified atom stereocenters. The Morgan fingerprint density at radius 3 is 1.88 bits per heavy atom. The quantitative estimate of drug-likeness (QED) is 0.182. The molecule has 8 aromatic rings. The monoisotopic (exact) mass is 639 g/mol. The predicted octanol–water partition coefficient (Wildman–Crippen LogP) is 11.7. The second-order valence-electron chi connectivity index (χ2n) is 12.9. The summed E-state index contributed by atoms with van der Waals surface area (Å²) >= 11 is 0. The lowest BCUT2D eigenvalue weighted by Gasteiger charge is -2.20. The number of pyridine rings is 1. The van der Waals surface area contributed by atoms with Crippen LogP contribution in [0.5, 0.6) is 0 Å². The normalized spacial score (nSPS) is 13.6. The molecule has 236 valence electrons. The van der Waals surface area contributed by atoms with Gasteiger partial charge in [-0.1, -0.05) is 146 Å². The van der Waals surface area contributed by atoms with Crippen LogP contribution >= 0.6 is 0 Å². The number of rotatable bonds is 6. The zero-order valence-corrected chi connectivity index (χ0v) is 27.4. The average Bonchev–Trinajstić information content (AvgIpc) is 3.21. The van der Waals surface area contributed by atoms with Crippen molar-refractivity contribution >= 4 is 16.8 Å². The van der Waals surface area contributed by atoms with Gasteiger partial charge in [0, 0.05) is 35.0 Å². The van der Waals surface area contributed by atoms with E-state index in [1.165, 1.54) is 38.6 Å². The van der Waals surface area contributed by atoms with Crippen LogP contribution in [0.25, 0.3) is 73.0 Å². The highest BCUT2D eigenvalue weighted by Gasteiger charge is 2.17. The molecule has 2 heterocycles. The Balaban J connectivity index is 1.10. The Kier molecular flexibility index (Phi) is 7.64. The van der Waals surface area contributed by atoms with Gasteiger partial charge < -0.3 is 0 Å². The Bertz CT molecular complexity index is 2500. The van der Waals surface area contributed by atoms with Gasteiger partial charge in [-0.25, -0.2) is 9.97 Å². The summed E-state index contributed by atoms with van der Waals surface area (Å²) in [5.41, 5.74) is 13.4. The first-order chi connectivity index (χ1) is 24.7. The highest BCUT2D eigenvalue weighted by molar-refractivity contribution is 5.87. The van der Waals surface area contributed by atoms with Gasteiger partial charge in [0.2, 0.25) is 0 Å². The summed E-state index contributed by atoms with van der Waals surface area (Å²) in [7, 11) is 0. The Morgan fingerprint density at radius 1 is 0.460 bits per heavy atom. The van der Waals surface area contributed by atoms with Crippen LogP contribution in [0.15, 0.2) is 176 Å². The first-order valence-corrected chi connectivity index (χ1v) is 17.1. The zero-order chi connectivity index (χ0) is 33.3. The molecular weight excluding hydrogens is 607 g/mol. The Morgan fingerprint density at radius 2 is 1.12 bits per heavy atom. The maximum atomic E-state index is 5.19. The van der Waals surface area contributed by atoms with E-state index in [-0.39, 0.29) is 0 Å². The minimum Gasteiger partial charge on any atom is -0.264 e. The van der Waals surface area contributed by atoms with E-state index < -0.39 is 0 Å². The van der Waals surface area contributed by atoms with Gasteiger partial charge in [-0.3, -0.25) is 4.98 Å². The van der Waals surface area contributed by atoms with Gasteiger partial charge in [0.15, 0.2) is 5.82 Å². The summed E-state index contributed by atoms with van der Waals surface area (Å²) in [6.45, 7) is 0. The van der Waals surface area contributed by atoms with E-state index in [9.17, 15) is 0 Å². The van der Waals surface area contributed by atoms with Crippen LogP contribution in [-0.4, -0.2) is 15.0 Å². The van der Waals surface area contributed by atoms with Crippen LogP contribution in [0.2, 0.25) is 0 Å². The van der Waals surface area contributed by atoms with E-state index in [1.807, 2.05) is 12.3 Å². The van der Waals surface area contributed by atoms with Crippen molar-refractivity contribution in [3.63, 3.8) is 0 Å². The highest BCUT2D eigenvalue weighted by Crippen LogP contribution is 2.34. The minimum atomic E-state index is 0.301. The summed E-state index contributed by atoms with van der Waals surface area (Å²) in [4.78, 5) is 14.7. The molecule has 0 spiro atoms. The molecule has 1 atom stereocenters. The smallest absolute Gasteiger partial charge is 0.160 e.